The molecule has 0 saturated carbocycles. The minimum Gasteiger partial charge on any atom is -0.455 e. The first-order valence-electron chi connectivity index (χ1n) is 12.4. The highest BCUT2D eigenvalue weighted by Crippen LogP contribution is 2.29. The van der Waals surface area contributed by atoms with Gasteiger partial charge in [0.05, 0.1) is 17.1 Å². The summed E-state index contributed by atoms with van der Waals surface area (Å²) in [6.07, 6.45) is 1.33. The Morgan fingerprint density at radius 3 is 2.52 bits per heavy atom. The van der Waals surface area contributed by atoms with Crippen molar-refractivity contribution in [2.75, 3.05) is 0 Å². The van der Waals surface area contributed by atoms with Gasteiger partial charge >= 0.3 is 5.69 Å². The number of hydrogen-bond acceptors (Lipinski definition) is 5. The van der Waals surface area contributed by atoms with Crippen LogP contribution < -0.4 is 10.4 Å². The summed E-state index contributed by atoms with van der Waals surface area (Å²) in [6, 6.07) is 13.7. The van der Waals surface area contributed by atoms with Crippen LogP contribution in [0.3, 0.4) is 0 Å². The molecule has 2 aromatic carbocycles. The molecule has 10 heteroatoms. The second kappa shape index (κ2) is 10.9. The predicted molar refractivity (Wildman–Crippen MR) is 149 cm³/mol. The second-order valence-corrected chi connectivity index (χ2v) is 10.4. The first kappa shape index (κ1) is 28.4. The molecule has 0 atom stereocenters. The van der Waals surface area contributed by atoms with Crippen molar-refractivity contribution in [2.24, 2.45) is 7.05 Å². The van der Waals surface area contributed by atoms with Gasteiger partial charge < -0.3 is 4.74 Å². The molecular formula is C30H31F2N5O3. The zero-order chi connectivity index (χ0) is 27.9. The van der Waals surface area contributed by atoms with Gasteiger partial charge in [-0.3, -0.25) is 14.3 Å². The number of carbonyl (C=O) groups is 1. The lowest BCUT2D eigenvalue weighted by molar-refractivity contribution is -0.117. The van der Waals surface area contributed by atoms with Crippen LogP contribution in [0.2, 0.25) is 0 Å². The van der Waals surface area contributed by atoms with Crippen LogP contribution in [0.4, 0.5) is 8.78 Å². The van der Waals surface area contributed by atoms with Crippen molar-refractivity contribution < 1.29 is 18.3 Å². The van der Waals surface area contributed by atoms with Gasteiger partial charge in [0.1, 0.15) is 28.7 Å². The van der Waals surface area contributed by atoms with Crippen molar-refractivity contribution >= 4 is 16.9 Å². The average Bonchev–Trinajstić information content (AvgIpc) is 3.42. The molecule has 0 spiro atoms. The first-order chi connectivity index (χ1) is 18.5. The van der Waals surface area contributed by atoms with E-state index in [9.17, 15) is 14.0 Å². The van der Waals surface area contributed by atoms with E-state index >= 15 is 4.39 Å². The Morgan fingerprint density at radius 2 is 1.82 bits per heavy atom. The number of aryl methyl sites for hydroxylation is 1. The van der Waals surface area contributed by atoms with Crippen LogP contribution in [0.25, 0.3) is 16.9 Å². The summed E-state index contributed by atoms with van der Waals surface area (Å²) >= 11 is 0. The van der Waals surface area contributed by atoms with Gasteiger partial charge in [-0.05, 0) is 35.9 Å². The molecule has 0 aliphatic heterocycles. The molecule has 40 heavy (non-hydrogen) atoms. The molecule has 5 aromatic rings. The fraction of sp³-hybridized carbons (Fsp3) is 0.267. The number of carbonyl (C=O) groups excluding carboxylic acids is 1. The summed E-state index contributed by atoms with van der Waals surface area (Å²) < 4.78 is 37.7. The number of aromatic nitrogens is 5. The second-order valence-electron chi connectivity index (χ2n) is 10.4. The van der Waals surface area contributed by atoms with Crippen molar-refractivity contribution in [2.45, 2.75) is 46.5 Å². The molecule has 0 saturated heterocycles. The number of imidazole rings is 1. The number of hydrogen-bond donors (Lipinski definition) is 1. The van der Waals surface area contributed by atoms with Crippen LogP contribution in [0.15, 0.2) is 65.6 Å². The van der Waals surface area contributed by atoms with Gasteiger partial charge in [-0.15, -0.1) is 0 Å². The predicted octanol–water partition coefficient (Wildman–Crippen LogP) is 5.81. The number of halogens is 2. The summed E-state index contributed by atoms with van der Waals surface area (Å²) in [5.41, 5.74) is 2.25. The molecule has 0 fully saturated rings. The zero-order valence-corrected chi connectivity index (χ0v) is 22.0. The van der Waals surface area contributed by atoms with E-state index in [-0.39, 0.29) is 48.5 Å². The maximum Gasteiger partial charge on any atom is 0.327 e. The van der Waals surface area contributed by atoms with E-state index in [1.54, 1.807) is 36.0 Å². The standard InChI is InChI=1S/C29H27F2N5O3.CH4/c1-29(2,3)25-15-20(36(34-25)19-7-5-6-18(30)13-19)14-21(37)12-17-8-9-22(16-23(17)31)39-24-10-11-32-27-26(24)35(4)28(38)33-27;/h5-11,13,15-16H,12,14H2,1-4H3,(H,32,33,38);1H4. The number of pyridine rings is 1. The zero-order valence-electron chi connectivity index (χ0n) is 22.0. The molecule has 5 rings (SSSR count). The molecule has 1 N–H and O–H groups in total. The number of nitrogens with one attached hydrogen (secondary N) is 1. The van der Waals surface area contributed by atoms with Crippen molar-refractivity contribution in [1.82, 2.24) is 24.3 Å². The van der Waals surface area contributed by atoms with E-state index in [1.807, 2.05) is 26.8 Å². The minimum absolute atomic E-state index is 0. The van der Waals surface area contributed by atoms with Crippen LogP contribution in [0, 0.1) is 11.6 Å². The summed E-state index contributed by atoms with van der Waals surface area (Å²) in [6.45, 7) is 6.01. The Kier molecular flexibility index (Phi) is 7.72. The molecular weight excluding hydrogens is 516 g/mol. The number of benzene rings is 2. The molecule has 0 unspecified atom stereocenters. The lowest BCUT2D eigenvalue weighted by atomic mass is 9.92. The fourth-order valence-electron chi connectivity index (χ4n) is 4.30. The van der Waals surface area contributed by atoms with Gasteiger partial charge in [-0.2, -0.15) is 5.10 Å². The number of H-pyrrole nitrogens is 1. The van der Waals surface area contributed by atoms with Gasteiger partial charge in [-0.25, -0.2) is 23.2 Å². The van der Waals surface area contributed by atoms with Crippen LogP contribution in [0.1, 0.15) is 45.1 Å². The molecule has 0 amide bonds. The Morgan fingerprint density at radius 1 is 1.05 bits per heavy atom. The van der Waals surface area contributed by atoms with E-state index in [0.717, 1.165) is 5.69 Å². The number of aromatic amines is 1. The number of ether oxygens (including phenoxy) is 1. The Hall–Kier alpha value is -4.60. The van der Waals surface area contributed by atoms with Crippen molar-refractivity contribution in [1.29, 1.82) is 0 Å². The quantitative estimate of drug-likeness (QED) is 0.278. The third kappa shape index (κ3) is 5.70. The lowest BCUT2D eigenvalue weighted by Gasteiger charge is -2.14. The molecule has 8 nitrogen and oxygen atoms in total. The van der Waals surface area contributed by atoms with Crippen LogP contribution in [-0.4, -0.2) is 30.1 Å². The van der Waals surface area contributed by atoms with Gasteiger partial charge in [0.2, 0.25) is 0 Å². The van der Waals surface area contributed by atoms with Gasteiger partial charge in [-0.1, -0.05) is 40.3 Å². The largest absolute Gasteiger partial charge is 0.455 e. The molecule has 3 aromatic heterocycles. The molecule has 0 radical (unpaired) electrons. The molecule has 3 heterocycles. The highest BCUT2D eigenvalue weighted by molar-refractivity contribution is 5.83. The summed E-state index contributed by atoms with van der Waals surface area (Å²) in [5.74, 6) is -0.678. The van der Waals surface area contributed by atoms with E-state index in [0.29, 0.717) is 28.3 Å². The summed E-state index contributed by atoms with van der Waals surface area (Å²) in [7, 11) is 1.58. The van der Waals surface area contributed by atoms with Gasteiger partial charge in [0.25, 0.3) is 0 Å². The summed E-state index contributed by atoms with van der Waals surface area (Å²) in [5, 5.41) is 4.63. The number of nitrogens with zero attached hydrogens (tertiary/aromatic N) is 4. The first-order valence-corrected chi connectivity index (χ1v) is 12.4. The maximum atomic E-state index is 15.0. The van der Waals surface area contributed by atoms with Crippen LogP contribution in [0.5, 0.6) is 11.5 Å². The molecule has 0 bridgehead atoms. The average molecular weight is 548 g/mol. The van der Waals surface area contributed by atoms with Gasteiger partial charge in [0, 0.05) is 43.6 Å². The summed E-state index contributed by atoms with van der Waals surface area (Å²) in [4.78, 5) is 31.7. The van der Waals surface area contributed by atoms with Crippen molar-refractivity contribution in [3.63, 3.8) is 0 Å². The lowest BCUT2D eigenvalue weighted by Crippen LogP contribution is -2.13. The van der Waals surface area contributed by atoms with Crippen LogP contribution >= 0.6 is 0 Å². The monoisotopic (exact) mass is 547 g/mol. The smallest absolute Gasteiger partial charge is 0.327 e. The number of Topliss-reactive ketones (excluding diaryl/α,β-unsaturated/α-hetero) is 1. The fourth-order valence-corrected chi connectivity index (χ4v) is 4.30. The Bertz CT molecular complexity index is 1760. The van der Waals surface area contributed by atoms with Gasteiger partial charge in [0.15, 0.2) is 11.4 Å². The molecule has 0 aliphatic rings. The number of rotatable bonds is 7. The third-order valence-electron chi connectivity index (χ3n) is 6.38. The highest BCUT2D eigenvalue weighted by Gasteiger charge is 2.22. The third-order valence-corrected chi connectivity index (χ3v) is 6.38. The van der Waals surface area contributed by atoms with Crippen molar-refractivity contribution in [3.8, 4) is 17.2 Å². The molecule has 0 aliphatic carbocycles. The van der Waals surface area contributed by atoms with E-state index < -0.39 is 11.6 Å². The van der Waals surface area contributed by atoms with E-state index in [4.69, 9.17) is 4.74 Å². The Balaban J connectivity index is 0.00000370. The Labute approximate surface area is 230 Å². The number of fused-ring (bicyclic) bond motifs is 1. The normalized spacial score (nSPS) is 11.4. The maximum absolute atomic E-state index is 15.0. The number of ketones is 1. The molecule has 208 valence electrons. The van der Waals surface area contributed by atoms with Crippen LogP contribution in [-0.2, 0) is 30.1 Å². The van der Waals surface area contributed by atoms with Crippen molar-refractivity contribution in [3.05, 3.63) is 99.9 Å². The topological polar surface area (TPSA) is 94.8 Å². The van der Waals surface area contributed by atoms with E-state index in [1.165, 1.54) is 35.0 Å². The SMILES string of the molecule is C.Cn1c(=O)[nH]c2nccc(Oc3ccc(CC(=O)Cc4cc(C(C)(C)C)nn4-c4cccc(F)c4)c(F)c3)c21. The minimum atomic E-state index is -0.594. The van der Waals surface area contributed by atoms with E-state index in [2.05, 4.69) is 15.1 Å². The highest BCUT2D eigenvalue weighted by atomic mass is 19.1.